The highest BCUT2D eigenvalue weighted by atomic mass is 16.3. The standard InChI is InChI=1S/C23H29N3O3/c27-21-15-17-7-5-4-6-16(17)14-20(21)22(28)26-12-10-19(11-13-26)25-23(29)24-18-8-2-1-3-9-18/h4-7,14-15,18-19,27H,1-3,8-13H2,(H2,24,25,29). The van der Waals surface area contributed by atoms with Gasteiger partial charge < -0.3 is 20.6 Å². The predicted octanol–water partition coefficient (Wildman–Crippen LogP) is 3.78. The average molecular weight is 396 g/mol. The number of nitrogens with zero attached hydrogens (tertiary/aromatic N) is 1. The topological polar surface area (TPSA) is 81.7 Å². The molecule has 2 aromatic carbocycles. The van der Waals surface area contributed by atoms with Crippen LogP contribution in [0.3, 0.4) is 0 Å². The van der Waals surface area contributed by atoms with Crippen LogP contribution in [0.15, 0.2) is 36.4 Å². The molecule has 0 unspecified atom stereocenters. The highest BCUT2D eigenvalue weighted by Gasteiger charge is 2.27. The number of carbonyl (C=O) groups is 2. The van der Waals surface area contributed by atoms with Gasteiger partial charge in [-0.25, -0.2) is 4.79 Å². The van der Waals surface area contributed by atoms with E-state index in [1.807, 2.05) is 24.3 Å². The first-order chi connectivity index (χ1) is 14.1. The van der Waals surface area contributed by atoms with Gasteiger partial charge >= 0.3 is 6.03 Å². The Hall–Kier alpha value is -2.76. The van der Waals surface area contributed by atoms with E-state index in [9.17, 15) is 14.7 Å². The Kier molecular flexibility index (Phi) is 5.88. The molecular formula is C23H29N3O3. The van der Waals surface area contributed by atoms with Gasteiger partial charge in [-0.05, 0) is 48.6 Å². The third-order valence-corrected chi connectivity index (χ3v) is 6.15. The van der Waals surface area contributed by atoms with Crippen molar-refractivity contribution in [2.75, 3.05) is 13.1 Å². The number of fused-ring (bicyclic) bond motifs is 1. The molecule has 2 aliphatic rings. The third kappa shape index (κ3) is 4.63. The lowest BCUT2D eigenvalue weighted by Crippen LogP contribution is -2.51. The molecular weight excluding hydrogens is 366 g/mol. The predicted molar refractivity (Wildman–Crippen MR) is 113 cm³/mol. The van der Waals surface area contributed by atoms with Gasteiger partial charge in [0.05, 0.1) is 5.56 Å². The number of likely N-dealkylation sites (tertiary alicyclic amines) is 1. The van der Waals surface area contributed by atoms with E-state index in [2.05, 4.69) is 10.6 Å². The maximum Gasteiger partial charge on any atom is 0.315 e. The summed E-state index contributed by atoms with van der Waals surface area (Å²) in [5.41, 5.74) is 0.338. The first-order valence-corrected chi connectivity index (χ1v) is 10.7. The van der Waals surface area contributed by atoms with Gasteiger partial charge in [0, 0.05) is 25.2 Å². The molecule has 0 aromatic heterocycles. The smallest absolute Gasteiger partial charge is 0.315 e. The lowest BCUT2D eigenvalue weighted by Gasteiger charge is -2.33. The number of carbonyl (C=O) groups excluding carboxylic acids is 2. The lowest BCUT2D eigenvalue weighted by atomic mass is 9.96. The summed E-state index contributed by atoms with van der Waals surface area (Å²) in [6.07, 6.45) is 7.21. The van der Waals surface area contributed by atoms with E-state index in [0.717, 1.165) is 36.5 Å². The lowest BCUT2D eigenvalue weighted by molar-refractivity contribution is 0.0705. The first kappa shape index (κ1) is 19.6. The van der Waals surface area contributed by atoms with Gasteiger partial charge in [0.1, 0.15) is 5.75 Å². The number of phenols is 1. The summed E-state index contributed by atoms with van der Waals surface area (Å²) in [6, 6.07) is 11.4. The molecule has 3 amide bonds. The average Bonchev–Trinajstić information content (AvgIpc) is 2.74. The van der Waals surface area contributed by atoms with E-state index >= 15 is 0 Å². The Morgan fingerprint density at radius 1 is 0.862 bits per heavy atom. The number of hydrogen-bond acceptors (Lipinski definition) is 3. The molecule has 1 aliphatic heterocycles. The van der Waals surface area contributed by atoms with Crippen molar-refractivity contribution < 1.29 is 14.7 Å². The molecule has 154 valence electrons. The van der Waals surface area contributed by atoms with E-state index in [4.69, 9.17) is 0 Å². The highest BCUT2D eigenvalue weighted by molar-refractivity contribution is 6.01. The number of aromatic hydroxyl groups is 1. The van der Waals surface area contributed by atoms with Crippen molar-refractivity contribution in [2.45, 2.75) is 57.0 Å². The molecule has 0 bridgehead atoms. The molecule has 29 heavy (non-hydrogen) atoms. The van der Waals surface area contributed by atoms with Crippen molar-refractivity contribution in [1.82, 2.24) is 15.5 Å². The summed E-state index contributed by atoms with van der Waals surface area (Å²) in [6.45, 7) is 1.14. The van der Waals surface area contributed by atoms with Gasteiger partial charge in [0.2, 0.25) is 0 Å². The summed E-state index contributed by atoms with van der Waals surface area (Å²) in [4.78, 5) is 26.9. The Labute approximate surface area is 171 Å². The fraction of sp³-hybridized carbons (Fsp3) is 0.478. The fourth-order valence-electron chi connectivity index (χ4n) is 4.46. The van der Waals surface area contributed by atoms with Crippen LogP contribution in [0, 0.1) is 0 Å². The minimum Gasteiger partial charge on any atom is -0.507 e. The molecule has 6 nitrogen and oxygen atoms in total. The van der Waals surface area contributed by atoms with E-state index in [1.165, 1.54) is 19.3 Å². The van der Waals surface area contributed by atoms with Crippen LogP contribution in [0.2, 0.25) is 0 Å². The van der Waals surface area contributed by atoms with Gasteiger partial charge in [-0.2, -0.15) is 0 Å². The zero-order valence-electron chi connectivity index (χ0n) is 16.7. The molecule has 1 saturated heterocycles. The second kappa shape index (κ2) is 8.72. The molecule has 1 aliphatic carbocycles. The molecule has 1 heterocycles. The van der Waals surface area contributed by atoms with Crippen LogP contribution in [0.5, 0.6) is 5.75 Å². The minimum absolute atomic E-state index is 0.0146. The zero-order valence-corrected chi connectivity index (χ0v) is 16.7. The molecule has 4 rings (SSSR count). The number of amides is 3. The van der Waals surface area contributed by atoms with Crippen molar-refractivity contribution >= 4 is 22.7 Å². The number of urea groups is 1. The number of hydrogen-bond donors (Lipinski definition) is 3. The van der Waals surface area contributed by atoms with Crippen LogP contribution < -0.4 is 10.6 Å². The van der Waals surface area contributed by atoms with Crippen molar-refractivity contribution in [2.24, 2.45) is 0 Å². The highest BCUT2D eigenvalue weighted by Crippen LogP contribution is 2.27. The van der Waals surface area contributed by atoms with Crippen LogP contribution in [-0.2, 0) is 0 Å². The van der Waals surface area contributed by atoms with E-state index < -0.39 is 0 Å². The van der Waals surface area contributed by atoms with Crippen LogP contribution in [0.1, 0.15) is 55.3 Å². The second-order valence-electron chi connectivity index (χ2n) is 8.24. The van der Waals surface area contributed by atoms with E-state index in [-0.39, 0.29) is 23.7 Å². The van der Waals surface area contributed by atoms with Crippen molar-refractivity contribution in [3.63, 3.8) is 0 Å². The number of phenolic OH excluding ortho intramolecular Hbond substituents is 1. The molecule has 6 heteroatoms. The quantitative estimate of drug-likeness (QED) is 0.740. The van der Waals surface area contributed by atoms with Crippen LogP contribution >= 0.6 is 0 Å². The fourth-order valence-corrected chi connectivity index (χ4v) is 4.46. The van der Waals surface area contributed by atoms with Crippen LogP contribution in [-0.4, -0.2) is 47.1 Å². The molecule has 0 spiro atoms. The van der Waals surface area contributed by atoms with Crippen LogP contribution in [0.25, 0.3) is 10.8 Å². The molecule has 0 radical (unpaired) electrons. The molecule has 2 aromatic rings. The molecule has 0 atom stereocenters. The van der Waals surface area contributed by atoms with Gasteiger partial charge in [-0.15, -0.1) is 0 Å². The maximum atomic E-state index is 12.9. The summed E-state index contributed by atoms with van der Waals surface area (Å²) in [5, 5.41) is 18.3. The van der Waals surface area contributed by atoms with E-state index in [0.29, 0.717) is 24.7 Å². The van der Waals surface area contributed by atoms with Crippen molar-refractivity contribution in [3.05, 3.63) is 42.0 Å². The zero-order chi connectivity index (χ0) is 20.2. The van der Waals surface area contributed by atoms with Crippen molar-refractivity contribution in [1.29, 1.82) is 0 Å². The SMILES string of the molecule is O=C(NC1CCCCC1)NC1CCN(C(=O)c2cc3ccccc3cc2O)CC1. The van der Waals surface area contributed by atoms with Gasteiger partial charge in [-0.1, -0.05) is 43.5 Å². The molecule has 1 saturated carbocycles. The van der Waals surface area contributed by atoms with Gasteiger partial charge in [0.15, 0.2) is 0 Å². The number of rotatable bonds is 3. The summed E-state index contributed by atoms with van der Waals surface area (Å²) in [5.74, 6) is -0.140. The minimum atomic E-state index is -0.154. The summed E-state index contributed by atoms with van der Waals surface area (Å²) < 4.78 is 0. The Morgan fingerprint density at radius 2 is 1.45 bits per heavy atom. The third-order valence-electron chi connectivity index (χ3n) is 6.15. The Bertz CT molecular complexity index is 884. The number of benzene rings is 2. The Balaban J connectivity index is 1.31. The monoisotopic (exact) mass is 395 g/mol. The summed E-state index contributed by atoms with van der Waals surface area (Å²) in [7, 11) is 0. The van der Waals surface area contributed by atoms with Gasteiger partial charge in [-0.3, -0.25) is 4.79 Å². The van der Waals surface area contributed by atoms with Crippen LogP contribution in [0.4, 0.5) is 4.79 Å². The van der Waals surface area contributed by atoms with Gasteiger partial charge in [0.25, 0.3) is 5.91 Å². The molecule has 2 fully saturated rings. The largest absolute Gasteiger partial charge is 0.507 e. The number of piperidine rings is 1. The van der Waals surface area contributed by atoms with E-state index in [1.54, 1.807) is 17.0 Å². The Morgan fingerprint density at radius 3 is 2.10 bits per heavy atom. The number of nitrogens with one attached hydrogen (secondary N) is 2. The second-order valence-corrected chi connectivity index (χ2v) is 8.24. The molecule has 3 N–H and O–H groups in total. The summed E-state index contributed by atoms with van der Waals surface area (Å²) >= 11 is 0. The normalized spacial score (nSPS) is 18.6. The first-order valence-electron chi connectivity index (χ1n) is 10.7. The maximum absolute atomic E-state index is 12.9. The van der Waals surface area contributed by atoms with Crippen molar-refractivity contribution in [3.8, 4) is 5.75 Å².